The molecule has 2 aliphatic heterocycles. The average Bonchev–Trinajstić information content (AvgIpc) is 3.13. The van der Waals surface area contributed by atoms with E-state index in [2.05, 4.69) is 20.3 Å². The van der Waals surface area contributed by atoms with Crippen LogP contribution < -0.4 is 5.32 Å². The number of carbonyl (C=O) groups excluding carboxylic acids is 2. The fraction of sp³-hybridized carbons (Fsp3) is 0.556. The van der Waals surface area contributed by atoms with Crippen LogP contribution in [0.3, 0.4) is 0 Å². The molecule has 2 aromatic heterocycles. The highest BCUT2D eigenvalue weighted by Crippen LogP contribution is 2.43. The number of aromatic nitrogens is 3. The maximum absolute atomic E-state index is 12.6. The van der Waals surface area contributed by atoms with Gasteiger partial charge < -0.3 is 20.3 Å². The van der Waals surface area contributed by atoms with E-state index in [4.69, 9.17) is 0 Å². The Morgan fingerprint density at radius 2 is 2.00 bits per heavy atom. The Hall–Kier alpha value is -2.48. The third-order valence-electron chi connectivity index (χ3n) is 5.96. The molecule has 8 nitrogen and oxygen atoms in total. The molecule has 8 heteroatoms. The van der Waals surface area contributed by atoms with E-state index >= 15 is 0 Å². The quantitative estimate of drug-likeness (QED) is 0.752. The molecule has 0 spiro atoms. The third-order valence-corrected chi connectivity index (χ3v) is 5.96. The summed E-state index contributed by atoms with van der Waals surface area (Å²) in [5.74, 6) is -0.267. The van der Waals surface area contributed by atoms with Gasteiger partial charge in [-0.05, 0) is 44.6 Å². The van der Waals surface area contributed by atoms with Crippen LogP contribution in [-0.4, -0.2) is 60.5 Å². The molecule has 3 N–H and O–H groups in total. The monoisotopic (exact) mass is 355 g/mol. The van der Waals surface area contributed by atoms with E-state index in [0.29, 0.717) is 24.2 Å². The summed E-state index contributed by atoms with van der Waals surface area (Å²) in [5.41, 5.74) is 0.00411. The molecule has 0 radical (unpaired) electrons. The lowest BCUT2D eigenvalue weighted by Gasteiger charge is -2.40. The molecule has 3 fully saturated rings. The fourth-order valence-corrected chi connectivity index (χ4v) is 4.45. The molecule has 2 saturated heterocycles. The number of amides is 2. The molecular weight excluding hydrogens is 334 g/mol. The number of rotatable bonds is 3. The Bertz CT molecular complexity index is 843. The van der Waals surface area contributed by atoms with Gasteiger partial charge in [-0.2, -0.15) is 0 Å². The van der Waals surface area contributed by atoms with Crippen molar-refractivity contribution in [3.05, 3.63) is 24.3 Å². The minimum absolute atomic E-state index is 0.0374. The van der Waals surface area contributed by atoms with Crippen LogP contribution in [0.4, 0.5) is 0 Å². The van der Waals surface area contributed by atoms with Crippen molar-refractivity contribution in [1.29, 1.82) is 0 Å². The zero-order chi connectivity index (χ0) is 17.9. The van der Waals surface area contributed by atoms with Crippen LogP contribution in [0.1, 0.15) is 49.0 Å². The minimum Gasteiger partial charge on any atom is -0.380 e. The zero-order valence-electron chi connectivity index (χ0n) is 14.3. The Labute approximate surface area is 150 Å². The maximum Gasteiger partial charge on any atom is 0.267 e. The topological polar surface area (TPSA) is 111 Å². The largest absolute Gasteiger partial charge is 0.380 e. The number of aromatic amines is 1. The lowest BCUT2D eigenvalue weighted by molar-refractivity contribution is -0.147. The van der Waals surface area contributed by atoms with E-state index in [1.807, 2.05) is 4.90 Å². The predicted octanol–water partition coefficient (Wildman–Crippen LogP) is 0.735. The van der Waals surface area contributed by atoms with Crippen LogP contribution in [0.5, 0.6) is 0 Å². The van der Waals surface area contributed by atoms with E-state index < -0.39 is 5.60 Å². The summed E-state index contributed by atoms with van der Waals surface area (Å²) in [6.45, 7) is 0. The van der Waals surface area contributed by atoms with Gasteiger partial charge in [0.05, 0.1) is 0 Å². The van der Waals surface area contributed by atoms with Gasteiger partial charge >= 0.3 is 0 Å². The first-order chi connectivity index (χ1) is 12.5. The predicted molar refractivity (Wildman–Crippen MR) is 92.2 cm³/mol. The standard InChI is InChI=1S/C18H21N5O3/c24-16(14-5-10-8-19-9-20-15(10)22-14)21-11-6-12-1-2-13(7-11)23(12)17(25)18(26)3-4-18/h5,8-9,11-13,26H,1-4,6-7H2,(H,21,24)(H,19,20,22)/t11?,12-,13+. The van der Waals surface area contributed by atoms with Crippen LogP contribution in [0, 0.1) is 0 Å². The summed E-state index contributed by atoms with van der Waals surface area (Å²) in [6.07, 6.45) is 7.63. The number of carbonyl (C=O) groups is 2. The molecule has 1 saturated carbocycles. The number of hydrogen-bond acceptors (Lipinski definition) is 5. The van der Waals surface area contributed by atoms with Crippen molar-refractivity contribution < 1.29 is 14.7 Å². The molecule has 2 amide bonds. The number of nitrogens with one attached hydrogen (secondary N) is 2. The first kappa shape index (κ1) is 15.7. The second-order valence-corrected chi connectivity index (χ2v) is 7.78. The molecular formula is C18H21N5O3. The van der Waals surface area contributed by atoms with Gasteiger partial charge in [-0.15, -0.1) is 0 Å². The van der Waals surface area contributed by atoms with Crippen molar-refractivity contribution in [2.75, 3.05) is 0 Å². The smallest absolute Gasteiger partial charge is 0.267 e. The molecule has 1 unspecified atom stereocenters. The molecule has 136 valence electrons. The number of aliphatic hydroxyl groups is 1. The third kappa shape index (κ3) is 2.47. The van der Waals surface area contributed by atoms with Gasteiger partial charge in [0, 0.05) is 29.7 Å². The van der Waals surface area contributed by atoms with E-state index in [9.17, 15) is 14.7 Å². The molecule has 4 heterocycles. The van der Waals surface area contributed by atoms with Crippen LogP contribution in [0.2, 0.25) is 0 Å². The Balaban J connectivity index is 1.28. The minimum atomic E-state index is -1.11. The molecule has 5 rings (SSSR count). The summed E-state index contributed by atoms with van der Waals surface area (Å²) >= 11 is 0. The molecule has 1 aliphatic carbocycles. The van der Waals surface area contributed by atoms with Crippen molar-refractivity contribution in [1.82, 2.24) is 25.2 Å². The van der Waals surface area contributed by atoms with Crippen molar-refractivity contribution in [2.45, 2.75) is 62.3 Å². The highest BCUT2D eigenvalue weighted by molar-refractivity contribution is 5.97. The van der Waals surface area contributed by atoms with Gasteiger partial charge in [-0.3, -0.25) is 9.59 Å². The van der Waals surface area contributed by atoms with Gasteiger partial charge in [-0.25, -0.2) is 9.97 Å². The van der Waals surface area contributed by atoms with Gasteiger partial charge in [0.15, 0.2) is 0 Å². The fourth-order valence-electron chi connectivity index (χ4n) is 4.45. The highest BCUT2D eigenvalue weighted by atomic mass is 16.3. The van der Waals surface area contributed by atoms with Crippen molar-refractivity contribution in [3.8, 4) is 0 Å². The molecule has 2 aromatic rings. The summed E-state index contributed by atoms with van der Waals surface area (Å²) in [7, 11) is 0. The van der Waals surface area contributed by atoms with Crippen molar-refractivity contribution in [2.24, 2.45) is 0 Å². The second kappa shape index (κ2) is 5.51. The molecule has 26 heavy (non-hydrogen) atoms. The number of hydrogen-bond donors (Lipinski definition) is 3. The molecule has 0 aromatic carbocycles. The molecule has 3 atom stereocenters. The maximum atomic E-state index is 12.6. The second-order valence-electron chi connectivity index (χ2n) is 7.78. The van der Waals surface area contributed by atoms with Gasteiger partial charge in [0.1, 0.15) is 23.3 Å². The Kier molecular flexibility index (Phi) is 3.34. The van der Waals surface area contributed by atoms with Crippen molar-refractivity contribution >= 4 is 22.8 Å². The lowest BCUT2D eigenvalue weighted by atomic mass is 9.96. The Morgan fingerprint density at radius 1 is 1.27 bits per heavy atom. The average molecular weight is 355 g/mol. The highest BCUT2D eigenvalue weighted by Gasteiger charge is 2.55. The van der Waals surface area contributed by atoms with Crippen LogP contribution >= 0.6 is 0 Å². The van der Waals surface area contributed by atoms with E-state index in [-0.39, 0.29) is 29.9 Å². The van der Waals surface area contributed by atoms with Crippen LogP contribution in [0.15, 0.2) is 18.6 Å². The van der Waals surface area contributed by atoms with Gasteiger partial charge in [0.25, 0.3) is 11.8 Å². The normalized spacial score (nSPS) is 29.0. The first-order valence-corrected chi connectivity index (χ1v) is 9.18. The summed E-state index contributed by atoms with van der Waals surface area (Å²) in [4.78, 5) is 38.1. The SMILES string of the molecule is O=C(NC1C[C@H]2CC[C@@H](C1)N2C(=O)C1(O)CC1)c1cc2cncnc2[nH]1. The number of nitrogens with zero attached hydrogens (tertiary/aromatic N) is 3. The van der Waals surface area contributed by atoms with E-state index in [1.54, 1.807) is 12.3 Å². The molecule has 2 bridgehead atoms. The number of piperidine rings is 1. The zero-order valence-corrected chi connectivity index (χ0v) is 14.3. The summed E-state index contributed by atoms with van der Waals surface area (Å²) < 4.78 is 0. The number of fused-ring (bicyclic) bond motifs is 3. The van der Waals surface area contributed by atoms with Gasteiger partial charge in [-0.1, -0.05) is 0 Å². The van der Waals surface area contributed by atoms with E-state index in [1.165, 1.54) is 6.33 Å². The van der Waals surface area contributed by atoms with Crippen LogP contribution in [-0.2, 0) is 4.79 Å². The van der Waals surface area contributed by atoms with Gasteiger partial charge in [0.2, 0.25) is 0 Å². The summed E-state index contributed by atoms with van der Waals surface area (Å²) in [6, 6.07) is 2.02. The Morgan fingerprint density at radius 3 is 2.65 bits per heavy atom. The first-order valence-electron chi connectivity index (χ1n) is 9.18. The molecule has 3 aliphatic rings. The van der Waals surface area contributed by atoms with Crippen LogP contribution in [0.25, 0.3) is 11.0 Å². The lowest BCUT2D eigenvalue weighted by Crippen LogP contribution is -2.55. The number of H-pyrrole nitrogens is 1. The summed E-state index contributed by atoms with van der Waals surface area (Å²) in [5, 5.41) is 14.1. The van der Waals surface area contributed by atoms with E-state index in [0.717, 1.165) is 31.1 Å². The van der Waals surface area contributed by atoms with Crippen molar-refractivity contribution in [3.63, 3.8) is 0 Å².